The molecule has 1 aliphatic carbocycles. The van der Waals surface area contributed by atoms with Crippen LogP contribution < -0.4 is 5.73 Å². The van der Waals surface area contributed by atoms with E-state index in [4.69, 9.17) is 17.3 Å². The van der Waals surface area contributed by atoms with Crippen LogP contribution in [0.3, 0.4) is 0 Å². The average Bonchev–Trinajstić information content (AvgIpc) is 3.56. The Hall–Kier alpha value is -3.62. The Labute approximate surface area is 211 Å². The van der Waals surface area contributed by atoms with Gasteiger partial charge in [0.1, 0.15) is 11.6 Å². The van der Waals surface area contributed by atoms with Crippen LogP contribution >= 0.6 is 11.6 Å². The van der Waals surface area contributed by atoms with E-state index in [0.29, 0.717) is 11.4 Å². The van der Waals surface area contributed by atoms with E-state index in [1.54, 1.807) is 0 Å². The third-order valence-corrected chi connectivity index (χ3v) is 7.22. The van der Waals surface area contributed by atoms with Gasteiger partial charge < -0.3 is 10.7 Å². The van der Waals surface area contributed by atoms with Gasteiger partial charge in [0.05, 0.1) is 40.5 Å². The Morgan fingerprint density at radius 2 is 1.78 bits per heavy atom. The molecule has 6 nitrogen and oxygen atoms in total. The molecule has 0 radical (unpaired) electrons. The quantitative estimate of drug-likeness (QED) is 0.272. The highest BCUT2D eigenvalue weighted by molar-refractivity contribution is 6.31. The van der Waals surface area contributed by atoms with Crippen molar-refractivity contribution in [3.63, 3.8) is 0 Å². The highest BCUT2D eigenvalue weighted by Crippen LogP contribution is 2.35. The van der Waals surface area contributed by atoms with Crippen LogP contribution in [-0.4, -0.2) is 30.8 Å². The third-order valence-electron chi connectivity index (χ3n) is 6.93. The second kappa shape index (κ2) is 9.11. The first-order valence-corrected chi connectivity index (χ1v) is 12.2. The Bertz CT molecular complexity index is 1580. The van der Waals surface area contributed by atoms with Gasteiger partial charge in [0.15, 0.2) is 0 Å². The second-order valence-corrected chi connectivity index (χ2v) is 9.64. The van der Waals surface area contributed by atoms with Crippen LogP contribution in [0.1, 0.15) is 31.7 Å². The summed E-state index contributed by atoms with van der Waals surface area (Å²) in [5.41, 5.74) is 10.9. The summed E-state index contributed by atoms with van der Waals surface area (Å²) < 4.78 is 30.2. The number of rotatable bonds is 4. The normalized spacial score (nSPS) is 18.1. The second-order valence-electron chi connectivity index (χ2n) is 9.23. The van der Waals surface area contributed by atoms with Crippen molar-refractivity contribution in [3.8, 4) is 33.6 Å². The van der Waals surface area contributed by atoms with Gasteiger partial charge in [0, 0.05) is 52.1 Å². The molecule has 3 N–H and O–H groups in total. The molecule has 0 unspecified atom stereocenters. The summed E-state index contributed by atoms with van der Waals surface area (Å²) in [5.74, 6) is -1.53. The molecule has 0 bridgehead atoms. The maximum atomic E-state index is 14.6. The minimum Gasteiger partial charge on any atom is -0.344 e. The summed E-state index contributed by atoms with van der Waals surface area (Å²) in [6, 6.07) is 10.1. The molecule has 36 heavy (non-hydrogen) atoms. The van der Waals surface area contributed by atoms with Crippen LogP contribution in [0.4, 0.5) is 8.78 Å². The average molecular weight is 505 g/mol. The zero-order chi connectivity index (χ0) is 24.8. The first-order chi connectivity index (χ1) is 17.5. The summed E-state index contributed by atoms with van der Waals surface area (Å²) >= 11 is 5.92. The van der Waals surface area contributed by atoms with Crippen molar-refractivity contribution in [1.82, 2.24) is 24.7 Å². The van der Waals surface area contributed by atoms with E-state index in [9.17, 15) is 8.78 Å². The molecule has 0 aliphatic heterocycles. The van der Waals surface area contributed by atoms with E-state index in [-0.39, 0.29) is 22.7 Å². The van der Waals surface area contributed by atoms with Crippen LogP contribution in [0, 0.1) is 11.6 Å². The summed E-state index contributed by atoms with van der Waals surface area (Å²) in [6.07, 6.45) is 11.6. The lowest BCUT2D eigenvalue weighted by atomic mass is 9.91. The first kappa shape index (κ1) is 22.8. The lowest BCUT2D eigenvalue weighted by molar-refractivity contribution is 0.286. The zero-order valence-electron chi connectivity index (χ0n) is 19.3. The van der Waals surface area contributed by atoms with E-state index < -0.39 is 11.6 Å². The molecular formula is C27H23ClF2N6. The molecule has 1 aliphatic rings. The highest BCUT2D eigenvalue weighted by Gasteiger charge is 2.24. The summed E-state index contributed by atoms with van der Waals surface area (Å²) in [7, 11) is 0. The van der Waals surface area contributed by atoms with Gasteiger partial charge in [-0.25, -0.2) is 13.8 Å². The van der Waals surface area contributed by atoms with Crippen molar-refractivity contribution < 1.29 is 8.78 Å². The SMILES string of the molecule is N[C@@H]1CCCC[C@H]1n1cc(-c2cnc3ccc(-c4nc[nH]c4-c4cc(Cl)c(F)cc4F)cc3c2)cn1. The fourth-order valence-electron chi connectivity index (χ4n) is 5.01. The molecule has 2 atom stereocenters. The van der Waals surface area contributed by atoms with Crippen molar-refractivity contribution in [2.24, 2.45) is 5.73 Å². The van der Waals surface area contributed by atoms with Crippen molar-refractivity contribution in [2.45, 2.75) is 37.8 Å². The maximum absolute atomic E-state index is 14.6. The predicted octanol–water partition coefficient (Wildman–Crippen LogP) is 6.53. The molecule has 182 valence electrons. The van der Waals surface area contributed by atoms with Crippen LogP contribution in [0.2, 0.25) is 5.02 Å². The smallest absolute Gasteiger partial charge is 0.144 e. The van der Waals surface area contributed by atoms with E-state index in [1.165, 1.54) is 18.8 Å². The number of nitrogens with zero attached hydrogens (tertiary/aromatic N) is 4. The maximum Gasteiger partial charge on any atom is 0.144 e. The fraction of sp³-hybridized carbons (Fsp3) is 0.222. The molecule has 5 aromatic rings. The Balaban J connectivity index is 1.36. The Morgan fingerprint density at radius 1 is 0.944 bits per heavy atom. The molecule has 0 spiro atoms. The van der Waals surface area contributed by atoms with E-state index in [0.717, 1.165) is 52.9 Å². The molecule has 3 aromatic heterocycles. The highest BCUT2D eigenvalue weighted by atomic mass is 35.5. The first-order valence-electron chi connectivity index (χ1n) is 11.9. The number of imidazole rings is 1. The monoisotopic (exact) mass is 504 g/mol. The molecule has 0 saturated heterocycles. The summed E-state index contributed by atoms with van der Waals surface area (Å²) in [5, 5.41) is 5.34. The number of aromatic amines is 1. The molecule has 1 fully saturated rings. The summed E-state index contributed by atoms with van der Waals surface area (Å²) in [6.45, 7) is 0. The van der Waals surface area contributed by atoms with Crippen molar-refractivity contribution in [2.75, 3.05) is 0 Å². The van der Waals surface area contributed by atoms with E-state index in [2.05, 4.69) is 26.1 Å². The van der Waals surface area contributed by atoms with Gasteiger partial charge in [-0.2, -0.15) is 5.10 Å². The van der Waals surface area contributed by atoms with Gasteiger partial charge in [-0.05, 0) is 37.1 Å². The Kier molecular flexibility index (Phi) is 5.78. The van der Waals surface area contributed by atoms with Gasteiger partial charge in [-0.3, -0.25) is 9.67 Å². The van der Waals surface area contributed by atoms with Gasteiger partial charge in [-0.1, -0.05) is 30.5 Å². The topological polar surface area (TPSA) is 85.4 Å². The number of nitrogens with two attached hydrogens (primary N) is 1. The Morgan fingerprint density at radius 3 is 2.64 bits per heavy atom. The molecule has 3 heterocycles. The molecule has 6 rings (SSSR count). The predicted molar refractivity (Wildman–Crippen MR) is 136 cm³/mol. The number of nitrogens with one attached hydrogen (secondary N) is 1. The van der Waals surface area contributed by atoms with Gasteiger partial charge in [-0.15, -0.1) is 0 Å². The van der Waals surface area contributed by atoms with Crippen LogP contribution in [0.5, 0.6) is 0 Å². The molecular weight excluding hydrogens is 482 g/mol. The number of pyridine rings is 1. The minimum atomic E-state index is -0.808. The van der Waals surface area contributed by atoms with Gasteiger partial charge >= 0.3 is 0 Å². The number of aromatic nitrogens is 5. The standard InChI is InChI=1S/C27H23ClF2N6/c28-20-9-19(21(29)10-22(20)30)27-26(33-14-34-27)15-5-6-24-16(7-15)8-17(11-32-24)18-12-35-36(13-18)25-4-2-1-3-23(25)31/h5-14,23,25H,1-4,31H2,(H,33,34)/t23-,25-/m1/s1. The minimum absolute atomic E-state index is 0.118. The lowest BCUT2D eigenvalue weighted by Crippen LogP contribution is -2.35. The van der Waals surface area contributed by atoms with Crippen molar-refractivity contribution in [1.29, 1.82) is 0 Å². The van der Waals surface area contributed by atoms with Crippen LogP contribution in [0.25, 0.3) is 44.5 Å². The summed E-state index contributed by atoms with van der Waals surface area (Å²) in [4.78, 5) is 12.0. The van der Waals surface area contributed by atoms with Crippen molar-refractivity contribution in [3.05, 3.63) is 78.0 Å². The number of halogens is 3. The van der Waals surface area contributed by atoms with Gasteiger partial charge in [0.25, 0.3) is 0 Å². The molecule has 9 heteroatoms. The van der Waals surface area contributed by atoms with Gasteiger partial charge in [0.2, 0.25) is 0 Å². The van der Waals surface area contributed by atoms with Crippen molar-refractivity contribution >= 4 is 22.5 Å². The largest absolute Gasteiger partial charge is 0.344 e. The molecule has 1 saturated carbocycles. The van der Waals surface area contributed by atoms with Crippen LogP contribution in [-0.2, 0) is 0 Å². The number of benzene rings is 2. The molecule has 0 amide bonds. The van der Waals surface area contributed by atoms with E-state index in [1.807, 2.05) is 41.5 Å². The number of hydrogen-bond donors (Lipinski definition) is 2. The fourth-order valence-corrected chi connectivity index (χ4v) is 5.17. The zero-order valence-corrected chi connectivity index (χ0v) is 20.0. The van der Waals surface area contributed by atoms with Crippen LogP contribution in [0.15, 0.2) is 61.3 Å². The van der Waals surface area contributed by atoms with E-state index >= 15 is 0 Å². The third kappa shape index (κ3) is 4.06. The molecule has 2 aromatic carbocycles. The number of fused-ring (bicyclic) bond motifs is 1. The number of H-pyrrole nitrogens is 1. The number of hydrogen-bond acceptors (Lipinski definition) is 4. The lowest BCUT2D eigenvalue weighted by Gasteiger charge is -2.28.